The van der Waals surface area contributed by atoms with E-state index >= 15 is 0 Å². The molecule has 0 bridgehead atoms. The third-order valence-corrected chi connectivity index (χ3v) is 5.13. The Balaban J connectivity index is 1.63. The molecule has 1 unspecified atom stereocenters. The van der Waals surface area contributed by atoms with Gasteiger partial charge in [-0.1, -0.05) is 37.3 Å². The van der Waals surface area contributed by atoms with Gasteiger partial charge in [-0.15, -0.1) is 0 Å². The van der Waals surface area contributed by atoms with E-state index in [2.05, 4.69) is 52.2 Å². The second-order valence-corrected chi connectivity index (χ2v) is 7.22. The zero-order valence-corrected chi connectivity index (χ0v) is 16.4. The number of amides is 1. The fourth-order valence-electron chi connectivity index (χ4n) is 3.73. The zero-order valence-electron chi connectivity index (χ0n) is 16.4. The second-order valence-electron chi connectivity index (χ2n) is 7.22. The fourth-order valence-corrected chi connectivity index (χ4v) is 3.73. The molecule has 5 heteroatoms. The molecule has 0 spiro atoms. The van der Waals surface area contributed by atoms with E-state index in [9.17, 15) is 4.79 Å². The van der Waals surface area contributed by atoms with E-state index in [-0.39, 0.29) is 11.9 Å². The molecular formula is C23H24N4O. The summed E-state index contributed by atoms with van der Waals surface area (Å²) in [5, 5.41) is 2.94. The number of aromatic nitrogens is 2. The van der Waals surface area contributed by atoms with Gasteiger partial charge in [-0.25, -0.2) is 9.97 Å². The highest BCUT2D eigenvalue weighted by molar-refractivity contribution is 6.03. The molecule has 1 N–H and O–H groups in total. The summed E-state index contributed by atoms with van der Waals surface area (Å²) in [5.74, 6) is 1.12. The predicted octanol–water partition coefficient (Wildman–Crippen LogP) is 4.68. The number of hydrogen-bond donors (Lipinski definition) is 1. The fraction of sp³-hybridized carbons (Fsp3) is 0.261. The summed E-state index contributed by atoms with van der Waals surface area (Å²) in [6, 6.07) is 18.3. The molecule has 1 aliphatic rings. The van der Waals surface area contributed by atoms with E-state index in [1.165, 1.54) is 11.1 Å². The van der Waals surface area contributed by atoms with Crippen molar-refractivity contribution in [3.63, 3.8) is 0 Å². The number of rotatable bonds is 4. The molecule has 28 heavy (non-hydrogen) atoms. The molecule has 0 saturated heterocycles. The first-order valence-electron chi connectivity index (χ1n) is 9.68. The zero-order chi connectivity index (χ0) is 19.7. The van der Waals surface area contributed by atoms with Crippen LogP contribution in [0.25, 0.3) is 0 Å². The number of aryl methyl sites for hydroxylation is 2. The quantitative estimate of drug-likeness (QED) is 0.722. The summed E-state index contributed by atoms with van der Waals surface area (Å²) in [5.41, 5.74) is 4.82. The number of nitrogens with zero attached hydrogens (tertiary/aromatic N) is 3. The summed E-state index contributed by atoms with van der Waals surface area (Å²) >= 11 is 0. The van der Waals surface area contributed by atoms with Crippen molar-refractivity contribution in [3.05, 3.63) is 77.2 Å². The van der Waals surface area contributed by atoms with Crippen LogP contribution in [-0.2, 0) is 12.8 Å². The van der Waals surface area contributed by atoms with Gasteiger partial charge in [-0.3, -0.25) is 4.79 Å². The minimum absolute atomic E-state index is 0.226. The SMILES string of the molecule is CCc1ccc(NC(=O)c2cc(N3c4ccccc4CC3C)nc(C)n2)cc1. The van der Waals surface area contributed by atoms with Gasteiger partial charge in [0, 0.05) is 23.5 Å². The third kappa shape index (κ3) is 3.48. The predicted molar refractivity (Wildman–Crippen MR) is 112 cm³/mol. The Labute approximate surface area is 165 Å². The molecule has 0 radical (unpaired) electrons. The van der Waals surface area contributed by atoms with E-state index < -0.39 is 0 Å². The van der Waals surface area contributed by atoms with E-state index in [1.807, 2.05) is 37.3 Å². The Morgan fingerprint density at radius 3 is 2.64 bits per heavy atom. The summed E-state index contributed by atoms with van der Waals surface area (Å²) in [4.78, 5) is 24.0. The van der Waals surface area contributed by atoms with Crippen molar-refractivity contribution in [2.75, 3.05) is 10.2 Å². The van der Waals surface area contributed by atoms with Crippen molar-refractivity contribution in [1.29, 1.82) is 0 Å². The van der Waals surface area contributed by atoms with Gasteiger partial charge in [-0.05, 0) is 56.0 Å². The maximum atomic E-state index is 12.8. The minimum atomic E-state index is -0.226. The van der Waals surface area contributed by atoms with Crippen LogP contribution in [0.3, 0.4) is 0 Å². The Kier molecular flexibility index (Phi) is 4.82. The first kappa shape index (κ1) is 18.2. The summed E-state index contributed by atoms with van der Waals surface area (Å²) in [6.45, 7) is 6.10. The van der Waals surface area contributed by atoms with Crippen molar-refractivity contribution in [2.24, 2.45) is 0 Å². The Morgan fingerprint density at radius 1 is 1.14 bits per heavy atom. The molecule has 3 aromatic rings. The van der Waals surface area contributed by atoms with E-state index in [1.54, 1.807) is 6.07 Å². The van der Waals surface area contributed by atoms with Crippen molar-refractivity contribution in [1.82, 2.24) is 9.97 Å². The van der Waals surface area contributed by atoms with Crippen LogP contribution < -0.4 is 10.2 Å². The Hall–Kier alpha value is -3.21. The van der Waals surface area contributed by atoms with Crippen molar-refractivity contribution in [2.45, 2.75) is 39.7 Å². The van der Waals surface area contributed by atoms with Crippen LogP contribution in [-0.4, -0.2) is 21.9 Å². The number of hydrogen-bond acceptors (Lipinski definition) is 4. The Morgan fingerprint density at radius 2 is 1.89 bits per heavy atom. The van der Waals surface area contributed by atoms with Crippen molar-refractivity contribution < 1.29 is 4.79 Å². The van der Waals surface area contributed by atoms with Gasteiger partial charge in [0.05, 0.1) is 0 Å². The summed E-state index contributed by atoms with van der Waals surface area (Å²) < 4.78 is 0. The van der Waals surface area contributed by atoms with Gasteiger partial charge in [0.15, 0.2) is 0 Å². The molecule has 0 saturated carbocycles. The van der Waals surface area contributed by atoms with Crippen LogP contribution in [0.15, 0.2) is 54.6 Å². The first-order valence-corrected chi connectivity index (χ1v) is 9.68. The highest BCUT2D eigenvalue weighted by Gasteiger charge is 2.28. The molecule has 1 amide bonds. The van der Waals surface area contributed by atoms with Crippen molar-refractivity contribution in [3.8, 4) is 0 Å². The lowest BCUT2D eigenvalue weighted by atomic mass is 10.1. The lowest BCUT2D eigenvalue weighted by molar-refractivity contribution is 0.102. The van der Waals surface area contributed by atoms with Crippen LogP contribution in [0.2, 0.25) is 0 Å². The second kappa shape index (κ2) is 7.43. The monoisotopic (exact) mass is 372 g/mol. The van der Waals surface area contributed by atoms with E-state index in [0.29, 0.717) is 11.5 Å². The summed E-state index contributed by atoms with van der Waals surface area (Å²) in [6.07, 6.45) is 1.93. The smallest absolute Gasteiger partial charge is 0.274 e. The number of carbonyl (C=O) groups is 1. The van der Waals surface area contributed by atoms with Crippen LogP contribution in [0, 0.1) is 6.92 Å². The van der Waals surface area contributed by atoms with Gasteiger partial charge < -0.3 is 10.2 Å². The summed E-state index contributed by atoms with van der Waals surface area (Å²) in [7, 11) is 0. The molecule has 5 nitrogen and oxygen atoms in total. The number of carbonyl (C=O) groups excluding carboxylic acids is 1. The number of fused-ring (bicyclic) bond motifs is 1. The normalized spacial score (nSPS) is 15.4. The average Bonchev–Trinajstić information content (AvgIpc) is 3.03. The molecule has 0 fully saturated rings. The van der Waals surface area contributed by atoms with Gasteiger partial charge in [0.2, 0.25) is 0 Å². The molecule has 2 aromatic carbocycles. The Bertz CT molecular complexity index is 1010. The van der Waals surface area contributed by atoms with Crippen LogP contribution in [0.1, 0.15) is 41.3 Å². The number of para-hydroxylation sites is 1. The highest BCUT2D eigenvalue weighted by atomic mass is 16.1. The number of benzene rings is 2. The average molecular weight is 372 g/mol. The van der Waals surface area contributed by atoms with Crippen LogP contribution in [0.4, 0.5) is 17.2 Å². The van der Waals surface area contributed by atoms with Gasteiger partial charge >= 0.3 is 0 Å². The molecule has 1 atom stereocenters. The van der Waals surface area contributed by atoms with Gasteiger partial charge in [0.1, 0.15) is 17.3 Å². The number of anilines is 3. The largest absolute Gasteiger partial charge is 0.323 e. The maximum Gasteiger partial charge on any atom is 0.274 e. The lowest BCUT2D eigenvalue weighted by Gasteiger charge is -2.24. The number of nitrogens with one attached hydrogen (secondary N) is 1. The molecule has 142 valence electrons. The van der Waals surface area contributed by atoms with E-state index in [4.69, 9.17) is 0 Å². The molecule has 4 rings (SSSR count). The van der Waals surface area contributed by atoms with Crippen molar-refractivity contribution >= 4 is 23.1 Å². The van der Waals surface area contributed by atoms with Crippen LogP contribution in [0.5, 0.6) is 0 Å². The maximum absolute atomic E-state index is 12.8. The standard InChI is InChI=1S/C23H24N4O/c1-4-17-9-11-19(12-10-17)26-23(28)20-14-22(25-16(3)24-20)27-15(2)13-18-7-5-6-8-21(18)27/h5-12,14-15H,4,13H2,1-3H3,(H,26,28). The highest BCUT2D eigenvalue weighted by Crippen LogP contribution is 2.37. The van der Waals surface area contributed by atoms with Gasteiger partial charge in [-0.2, -0.15) is 0 Å². The van der Waals surface area contributed by atoms with Gasteiger partial charge in [0.25, 0.3) is 5.91 Å². The molecular weight excluding hydrogens is 348 g/mol. The molecule has 0 aliphatic carbocycles. The minimum Gasteiger partial charge on any atom is -0.323 e. The lowest BCUT2D eigenvalue weighted by Crippen LogP contribution is -2.26. The molecule has 2 heterocycles. The molecule has 1 aliphatic heterocycles. The van der Waals surface area contributed by atoms with E-state index in [0.717, 1.165) is 30.0 Å². The van der Waals surface area contributed by atoms with Crippen LogP contribution >= 0.6 is 0 Å². The third-order valence-electron chi connectivity index (χ3n) is 5.13. The first-order chi connectivity index (χ1) is 13.5. The topological polar surface area (TPSA) is 58.1 Å². The molecule has 1 aromatic heterocycles.